The van der Waals surface area contributed by atoms with Crippen molar-refractivity contribution in [3.05, 3.63) is 54.3 Å². The van der Waals surface area contributed by atoms with Crippen molar-refractivity contribution >= 4 is 11.7 Å². The van der Waals surface area contributed by atoms with Gasteiger partial charge in [0, 0.05) is 37.3 Å². The number of aromatic nitrogens is 2. The van der Waals surface area contributed by atoms with E-state index in [2.05, 4.69) is 27.4 Å². The first-order valence-electron chi connectivity index (χ1n) is 8.51. The third-order valence-electron chi connectivity index (χ3n) is 4.01. The van der Waals surface area contributed by atoms with Gasteiger partial charge in [-0.05, 0) is 38.8 Å². The SMILES string of the molecule is CC(C)(C)OC(=O)N1CC=C(C2C=CC(c3ncccn3)=CN2)CC1. The molecule has 6 heteroatoms. The number of amides is 1. The molecule has 1 atom stereocenters. The van der Waals surface area contributed by atoms with Crippen LogP contribution in [0.2, 0.25) is 0 Å². The Bertz CT molecular complexity index is 717. The summed E-state index contributed by atoms with van der Waals surface area (Å²) in [5.41, 5.74) is 1.78. The van der Waals surface area contributed by atoms with E-state index in [0.717, 1.165) is 12.0 Å². The number of hydrogen-bond acceptors (Lipinski definition) is 5. The fraction of sp³-hybridized carbons (Fsp3) is 0.421. The predicted molar refractivity (Wildman–Crippen MR) is 96.6 cm³/mol. The summed E-state index contributed by atoms with van der Waals surface area (Å²) in [4.78, 5) is 22.4. The number of nitrogens with zero attached hydrogens (tertiary/aromatic N) is 3. The van der Waals surface area contributed by atoms with Gasteiger partial charge < -0.3 is 15.0 Å². The molecule has 6 nitrogen and oxygen atoms in total. The van der Waals surface area contributed by atoms with Gasteiger partial charge in [0.05, 0.1) is 6.04 Å². The minimum absolute atomic E-state index is 0.147. The summed E-state index contributed by atoms with van der Waals surface area (Å²) in [6.45, 7) is 6.90. The molecule has 0 bridgehead atoms. The van der Waals surface area contributed by atoms with E-state index in [0.29, 0.717) is 18.9 Å². The van der Waals surface area contributed by atoms with Crippen LogP contribution >= 0.6 is 0 Å². The van der Waals surface area contributed by atoms with E-state index in [-0.39, 0.29) is 12.1 Å². The second-order valence-electron chi connectivity index (χ2n) is 7.13. The third-order valence-corrected chi connectivity index (χ3v) is 4.01. The number of rotatable bonds is 2. The van der Waals surface area contributed by atoms with Crippen molar-refractivity contribution in [2.24, 2.45) is 0 Å². The van der Waals surface area contributed by atoms with Gasteiger partial charge in [-0.15, -0.1) is 0 Å². The van der Waals surface area contributed by atoms with Gasteiger partial charge in [-0.3, -0.25) is 0 Å². The average molecular weight is 340 g/mol. The van der Waals surface area contributed by atoms with E-state index >= 15 is 0 Å². The summed E-state index contributed by atoms with van der Waals surface area (Å²) in [6, 6.07) is 1.95. The fourth-order valence-electron chi connectivity index (χ4n) is 2.76. The Morgan fingerprint density at radius 1 is 1.32 bits per heavy atom. The smallest absolute Gasteiger partial charge is 0.410 e. The van der Waals surface area contributed by atoms with E-state index in [4.69, 9.17) is 4.74 Å². The van der Waals surface area contributed by atoms with Crippen LogP contribution < -0.4 is 5.32 Å². The summed E-state index contributed by atoms with van der Waals surface area (Å²) < 4.78 is 5.43. The minimum atomic E-state index is -0.463. The van der Waals surface area contributed by atoms with Crippen LogP contribution in [0.3, 0.4) is 0 Å². The molecule has 3 heterocycles. The van der Waals surface area contributed by atoms with Crippen LogP contribution in [0.15, 0.2) is 48.5 Å². The van der Waals surface area contributed by atoms with Gasteiger partial charge >= 0.3 is 6.09 Å². The molecule has 0 saturated carbocycles. The highest BCUT2D eigenvalue weighted by molar-refractivity contribution is 5.71. The maximum atomic E-state index is 12.1. The molecule has 3 rings (SSSR count). The zero-order chi connectivity index (χ0) is 17.9. The normalized spacial score (nSPS) is 20.4. The van der Waals surface area contributed by atoms with Gasteiger partial charge in [-0.2, -0.15) is 0 Å². The summed E-state index contributed by atoms with van der Waals surface area (Å²) in [5, 5.41) is 3.39. The van der Waals surface area contributed by atoms with Crippen LogP contribution in [0.25, 0.3) is 5.57 Å². The number of hydrogen-bond donors (Lipinski definition) is 1. The molecule has 2 aliphatic heterocycles. The van der Waals surface area contributed by atoms with Crippen molar-refractivity contribution < 1.29 is 9.53 Å². The topological polar surface area (TPSA) is 67.3 Å². The van der Waals surface area contributed by atoms with Gasteiger partial charge in [0.1, 0.15) is 5.60 Å². The Hall–Kier alpha value is -2.63. The van der Waals surface area contributed by atoms with E-state index < -0.39 is 5.60 Å². The van der Waals surface area contributed by atoms with Crippen molar-refractivity contribution in [3.8, 4) is 0 Å². The first kappa shape index (κ1) is 17.2. The lowest BCUT2D eigenvalue weighted by molar-refractivity contribution is 0.0265. The Morgan fingerprint density at radius 3 is 2.64 bits per heavy atom. The molecule has 1 amide bonds. The average Bonchev–Trinajstić information content (AvgIpc) is 2.61. The lowest BCUT2D eigenvalue weighted by Gasteiger charge is -2.31. The van der Waals surface area contributed by atoms with Crippen LogP contribution in [0.1, 0.15) is 33.0 Å². The van der Waals surface area contributed by atoms with Crippen LogP contribution in [0, 0.1) is 0 Å². The van der Waals surface area contributed by atoms with Crippen LogP contribution in [-0.2, 0) is 4.74 Å². The van der Waals surface area contributed by atoms with Crippen molar-refractivity contribution in [3.63, 3.8) is 0 Å². The molecule has 0 saturated heterocycles. The zero-order valence-electron chi connectivity index (χ0n) is 14.9. The number of ether oxygens (including phenoxy) is 1. The van der Waals surface area contributed by atoms with Crippen molar-refractivity contribution in [2.75, 3.05) is 13.1 Å². The van der Waals surface area contributed by atoms with Gasteiger partial charge in [-0.1, -0.05) is 18.2 Å². The summed E-state index contributed by atoms with van der Waals surface area (Å²) >= 11 is 0. The number of nitrogens with one attached hydrogen (secondary N) is 1. The van der Waals surface area contributed by atoms with Crippen molar-refractivity contribution in [1.82, 2.24) is 20.2 Å². The molecule has 1 N–H and O–H groups in total. The zero-order valence-corrected chi connectivity index (χ0v) is 14.9. The van der Waals surface area contributed by atoms with Gasteiger partial charge in [0.25, 0.3) is 0 Å². The van der Waals surface area contributed by atoms with Gasteiger partial charge in [0.15, 0.2) is 5.82 Å². The maximum Gasteiger partial charge on any atom is 0.410 e. The lowest BCUT2D eigenvalue weighted by atomic mass is 9.97. The maximum absolute atomic E-state index is 12.1. The predicted octanol–water partition coefficient (Wildman–Crippen LogP) is 2.91. The molecule has 2 aliphatic rings. The number of dihydropyridines is 1. The Labute approximate surface area is 148 Å². The van der Waals surface area contributed by atoms with E-state index in [1.165, 1.54) is 5.57 Å². The second kappa shape index (κ2) is 7.09. The van der Waals surface area contributed by atoms with E-state index in [9.17, 15) is 4.79 Å². The van der Waals surface area contributed by atoms with Crippen molar-refractivity contribution in [2.45, 2.75) is 38.8 Å². The quantitative estimate of drug-likeness (QED) is 0.839. The Balaban J connectivity index is 1.58. The molecule has 25 heavy (non-hydrogen) atoms. The number of allylic oxidation sites excluding steroid dienone is 2. The molecule has 1 unspecified atom stereocenters. The largest absolute Gasteiger partial charge is 0.444 e. The molecule has 0 aliphatic carbocycles. The molecule has 0 aromatic carbocycles. The first-order valence-corrected chi connectivity index (χ1v) is 8.51. The van der Waals surface area contributed by atoms with Crippen LogP contribution in [0.5, 0.6) is 0 Å². The fourth-order valence-corrected chi connectivity index (χ4v) is 2.76. The molecule has 0 radical (unpaired) electrons. The molecule has 1 aromatic heterocycles. The second-order valence-corrected chi connectivity index (χ2v) is 7.13. The summed E-state index contributed by atoms with van der Waals surface area (Å²) in [5.74, 6) is 0.707. The minimum Gasteiger partial charge on any atom is -0.444 e. The van der Waals surface area contributed by atoms with Gasteiger partial charge in [0.2, 0.25) is 0 Å². The Kier molecular flexibility index (Phi) is 4.88. The number of carbonyl (C=O) groups excluding carboxylic acids is 1. The molecule has 1 aromatic rings. The standard InChI is InChI=1S/C19H24N4O2/c1-19(2,3)25-18(24)23-11-7-14(8-12-23)16-6-5-15(13-22-16)17-20-9-4-10-21-17/h4-7,9-10,13,16,22H,8,11-12H2,1-3H3. The third kappa shape index (κ3) is 4.47. The monoisotopic (exact) mass is 340 g/mol. The molecule has 132 valence electrons. The van der Waals surface area contributed by atoms with Crippen LogP contribution in [0.4, 0.5) is 4.79 Å². The van der Waals surface area contributed by atoms with E-state index in [1.807, 2.05) is 33.0 Å². The van der Waals surface area contributed by atoms with Crippen molar-refractivity contribution in [1.29, 1.82) is 0 Å². The summed E-state index contributed by atoms with van der Waals surface area (Å²) in [7, 11) is 0. The molecule has 0 fully saturated rings. The first-order chi connectivity index (χ1) is 11.9. The van der Waals surface area contributed by atoms with Gasteiger partial charge in [-0.25, -0.2) is 14.8 Å². The Morgan fingerprint density at radius 2 is 2.08 bits per heavy atom. The highest BCUT2D eigenvalue weighted by Gasteiger charge is 2.25. The van der Waals surface area contributed by atoms with E-state index in [1.54, 1.807) is 23.4 Å². The van der Waals surface area contributed by atoms with Crippen LogP contribution in [-0.4, -0.2) is 45.7 Å². The highest BCUT2D eigenvalue weighted by atomic mass is 16.6. The molecule has 0 spiro atoms. The summed E-state index contributed by atoms with van der Waals surface area (Å²) in [6.07, 6.45) is 12.2. The lowest BCUT2D eigenvalue weighted by Crippen LogP contribution is -2.41. The molecular weight excluding hydrogens is 316 g/mol. The highest BCUT2D eigenvalue weighted by Crippen LogP contribution is 2.22. The number of carbonyl (C=O) groups is 1. The molecular formula is C19H24N4O2.